The van der Waals surface area contributed by atoms with Gasteiger partial charge in [-0.3, -0.25) is 4.79 Å². The maximum Gasteiger partial charge on any atom is 0.228 e. The molecule has 18 heavy (non-hydrogen) atoms. The molecule has 1 aromatic heterocycles. The number of aromatic nitrogens is 2. The van der Waals surface area contributed by atoms with Gasteiger partial charge >= 0.3 is 0 Å². The first-order chi connectivity index (χ1) is 8.58. The van der Waals surface area contributed by atoms with Crippen molar-refractivity contribution in [2.24, 2.45) is 5.92 Å². The molecule has 0 radical (unpaired) electrons. The molecule has 1 aromatic carbocycles. The molecule has 2 aromatic rings. The molecule has 0 spiro atoms. The maximum atomic E-state index is 11.6. The Kier molecular flexibility index (Phi) is 3.41. The molecule has 1 amide bonds. The average molecular weight is 245 g/mol. The van der Waals surface area contributed by atoms with Crippen molar-refractivity contribution in [2.75, 3.05) is 5.32 Å². The van der Waals surface area contributed by atoms with Crippen LogP contribution in [0.4, 0.5) is 5.82 Å². The third kappa shape index (κ3) is 2.56. The monoisotopic (exact) mass is 245 g/mol. The summed E-state index contributed by atoms with van der Waals surface area (Å²) in [6, 6.07) is 7.77. The van der Waals surface area contributed by atoms with Gasteiger partial charge in [0.15, 0.2) is 5.69 Å². The normalized spacial score (nSPS) is 10.7. The number of amides is 1. The van der Waals surface area contributed by atoms with E-state index in [2.05, 4.69) is 15.6 Å². The smallest absolute Gasteiger partial charge is 0.228 e. The number of hydrogen-bond donors (Lipinski definition) is 1. The van der Waals surface area contributed by atoms with Crippen molar-refractivity contribution in [3.05, 3.63) is 29.8 Å². The number of carbonyl (C=O) groups is 1. The molecule has 1 N–H and O–H groups in total. The Bertz CT molecular complexity index is 544. The number of nitrogens with one attached hydrogen (secondary N) is 1. The summed E-state index contributed by atoms with van der Waals surface area (Å²) in [4.78, 5) is 11.6. The highest BCUT2D eigenvalue weighted by molar-refractivity contribution is 5.94. The Hall–Kier alpha value is -2.17. The Morgan fingerprint density at radius 2 is 1.89 bits per heavy atom. The molecule has 0 aliphatic carbocycles. The van der Waals surface area contributed by atoms with Crippen molar-refractivity contribution in [3.63, 3.8) is 0 Å². The van der Waals surface area contributed by atoms with E-state index in [1.54, 1.807) is 0 Å². The van der Waals surface area contributed by atoms with E-state index in [4.69, 9.17) is 4.63 Å². The molecule has 5 heteroatoms. The van der Waals surface area contributed by atoms with Gasteiger partial charge in [0.25, 0.3) is 0 Å². The van der Waals surface area contributed by atoms with E-state index in [1.165, 1.54) is 0 Å². The maximum absolute atomic E-state index is 11.6. The van der Waals surface area contributed by atoms with Crippen molar-refractivity contribution in [2.45, 2.75) is 20.8 Å². The zero-order valence-corrected chi connectivity index (χ0v) is 10.6. The first-order valence-electron chi connectivity index (χ1n) is 5.78. The molecule has 0 atom stereocenters. The summed E-state index contributed by atoms with van der Waals surface area (Å²) in [6.07, 6.45) is 0. The van der Waals surface area contributed by atoms with Crippen molar-refractivity contribution in [1.29, 1.82) is 0 Å². The predicted octanol–water partition coefficient (Wildman–Crippen LogP) is 2.64. The van der Waals surface area contributed by atoms with Crippen LogP contribution in [-0.2, 0) is 4.79 Å². The van der Waals surface area contributed by atoms with Gasteiger partial charge < -0.3 is 5.32 Å². The van der Waals surface area contributed by atoms with E-state index >= 15 is 0 Å². The fourth-order valence-electron chi connectivity index (χ4n) is 1.43. The molecule has 0 fully saturated rings. The summed E-state index contributed by atoms with van der Waals surface area (Å²) >= 11 is 0. The number of carbonyl (C=O) groups excluding carboxylic acids is 1. The summed E-state index contributed by atoms with van der Waals surface area (Å²) in [5.41, 5.74) is 2.56. The number of aryl methyl sites for hydroxylation is 1. The lowest BCUT2D eigenvalue weighted by molar-refractivity contribution is -0.118. The molecule has 5 nitrogen and oxygen atoms in total. The predicted molar refractivity (Wildman–Crippen MR) is 67.9 cm³/mol. The molecule has 0 saturated heterocycles. The minimum absolute atomic E-state index is 0.112. The first-order valence-corrected chi connectivity index (χ1v) is 5.78. The minimum atomic E-state index is -0.118. The van der Waals surface area contributed by atoms with Gasteiger partial charge in [0.05, 0.1) is 0 Å². The fourth-order valence-corrected chi connectivity index (χ4v) is 1.43. The van der Waals surface area contributed by atoms with Crippen molar-refractivity contribution in [1.82, 2.24) is 10.3 Å². The largest absolute Gasteiger partial charge is 0.306 e. The lowest BCUT2D eigenvalue weighted by atomic mass is 10.1. The Morgan fingerprint density at radius 3 is 2.50 bits per heavy atom. The van der Waals surface area contributed by atoms with Gasteiger partial charge in [-0.05, 0) is 17.2 Å². The molecule has 0 bridgehead atoms. The van der Waals surface area contributed by atoms with Crippen LogP contribution in [0.3, 0.4) is 0 Å². The summed E-state index contributed by atoms with van der Waals surface area (Å²) < 4.78 is 4.70. The lowest BCUT2D eigenvalue weighted by Gasteiger charge is -2.05. The van der Waals surface area contributed by atoms with Crippen LogP contribution in [0.25, 0.3) is 11.3 Å². The first kappa shape index (κ1) is 12.3. The van der Waals surface area contributed by atoms with Gasteiger partial charge in [0, 0.05) is 11.5 Å². The highest BCUT2D eigenvalue weighted by Crippen LogP contribution is 2.24. The van der Waals surface area contributed by atoms with Gasteiger partial charge in [-0.1, -0.05) is 43.7 Å². The summed E-state index contributed by atoms with van der Waals surface area (Å²) in [5.74, 6) is 0.129. The van der Waals surface area contributed by atoms with Crippen molar-refractivity contribution < 1.29 is 9.42 Å². The molecule has 0 aliphatic heterocycles. The lowest BCUT2D eigenvalue weighted by Crippen LogP contribution is -2.18. The SMILES string of the molecule is Cc1ccc(-c2nonc2NC(=O)C(C)C)cc1. The van der Waals surface area contributed by atoms with E-state index in [0.29, 0.717) is 11.5 Å². The number of benzene rings is 1. The topological polar surface area (TPSA) is 68.0 Å². The van der Waals surface area contributed by atoms with Gasteiger partial charge in [-0.15, -0.1) is 0 Å². The summed E-state index contributed by atoms with van der Waals surface area (Å²) in [7, 11) is 0. The number of nitrogens with zero attached hydrogens (tertiary/aromatic N) is 2. The molecular weight excluding hydrogens is 230 g/mol. The molecule has 0 unspecified atom stereocenters. The molecule has 0 saturated carbocycles. The van der Waals surface area contributed by atoms with Crippen LogP contribution in [0.5, 0.6) is 0 Å². The highest BCUT2D eigenvalue weighted by Gasteiger charge is 2.16. The third-order valence-corrected chi connectivity index (χ3v) is 2.58. The second-order valence-electron chi connectivity index (χ2n) is 4.47. The second kappa shape index (κ2) is 5.00. The van der Waals surface area contributed by atoms with E-state index in [9.17, 15) is 4.79 Å². The van der Waals surface area contributed by atoms with Gasteiger partial charge in [0.2, 0.25) is 11.7 Å². The fraction of sp³-hybridized carbons (Fsp3) is 0.308. The zero-order valence-electron chi connectivity index (χ0n) is 10.6. The second-order valence-corrected chi connectivity index (χ2v) is 4.47. The number of hydrogen-bond acceptors (Lipinski definition) is 4. The number of rotatable bonds is 3. The molecular formula is C13H15N3O2. The third-order valence-electron chi connectivity index (χ3n) is 2.58. The zero-order chi connectivity index (χ0) is 13.1. The van der Waals surface area contributed by atoms with Crippen molar-refractivity contribution in [3.8, 4) is 11.3 Å². The Morgan fingerprint density at radius 1 is 1.22 bits per heavy atom. The van der Waals surface area contributed by atoms with E-state index in [-0.39, 0.29) is 11.8 Å². The Labute approximate surface area is 105 Å². The quantitative estimate of drug-likeness (QED) is 0.902. The van der Waals surface area contributed by atoms with Crippen LogP contribution in [0.1, 0.15) is 19.4 Å². The average Bonchev–Trinajstić information content (AvgIpc) is 2.78. The number of anilines is 1. The van der Waals surface area contributed by atoms with E-state index in [1.807, 2.05) is 45.0 Å². The van der Waals surface area contributed by atoms with Crippen LogP contribution < -0.4 is 5.32 Å². The van der Waals surface area contributed by atoms with Gasteiger partial charge in [-0.2, -0.15) is 0 Å². The van der Waals surface area contributed by atoms with Crippen molar-refractivity contribution >= 4 is 11.7 Å². The van der Waals surface area contributed by atoms with E-state index in [0.717, 1.165) is 11.1 Å². The van der Waals surface area contributed by atoms with Crippen LogP contribution in [0.2, 0.25) is 0 Å². The van der Waals surface area contributed by atoms with Crippen LogP contribution in [0.15, 0.2) is 28.9 Å². The molecule has 2 rings (SSSR count). The molecule has 0 aliphatic rings. The van der Waals surface area contributed by atoms with E-state index < -0.39 is 0 Å². The summed E-state index contributed by atoms with van der Waals surface area (Å²) in [6.45, 7) is 5.63. The minimum Gasteiger partial charge on any atom is -0.306 e. The standard InChI is InChI=1S/C13H15N3O2/c1-8(2)13(17)14-12-11(15-18-16-12)10-6-4-9(3)5-7-10/h4-8H,1-3H3,(H,14,16,17). The van der Waals surface area contributed by atoms with Crippen LogP contribution in [0, 0.1) is 12.8 Å². The van der Waals surface area contributed by atoms with Gasteiger partial charge in [0.1, 0.15) is 0 Å². The highest BCUT2D eigenvalue weighted by atomic mass is 16.6. The summed E-state index contributed by atoms with van der Waals surface area (Å²) in [5, 5.41) is 10.2. The Balaban J connectivity index is 2.27. The molecule has 94 valence electrons. The molecule has 1 heterocycles. The van der Waals surface area contributed by atoms with Crippen LogP contribution >= 0.6 is 0 Å². The van der Waals surface area contributed by atoms with Crippen LogP contribution in [-0.4, -0.2) is 16.2 Å². The van der Waals surface area contributed by atoms with Gasteiger partial charge in [-0.25, -0.2) is 4.63 Å².